The van der Waals surface area contributed by atoms with Crippen molar-refractivity contribution in [1.29, 1.82) is 0 Å². The van der Waals surface area contributed by atoms with Crippen molar-refractivity contribution in [3.05, 3.63) is 214 Å². The fourth-order valence-electron chi connectivity index (χ4n) is 6.55. The summed E-state index contributed by atoms with van der Waals surface area (Å²) >= 11 is 0. The van der Waals surface area contributed by atoms with Crippen LogP contribution in [0.1, 0.15) is 51.9 Å². The summed E-state index contributed by atoms with van der Waals surface area (Å²) in [6.45, 7) is 8.63. The molecule has 0 saturated carbocycles. The number of rotatable bonds is 10. The van der Waals surface area contributed by atoms with E-state index in [1.165, 1.54) is 44.5 Å². The van der Waals surface area contributed by atoms with Gasteiger partial charge >= 0.3 is 0 Å². The van der Waals surface area contributed by atoms with Gasteiger partial charge in [0.15, 0.2) is 0 Å². The molecule has 0 unspecified atom stereocenters. The molecule has 2 heteroatoms. The van der Waals surface area contributed by atoms with E-state index in [0.717, 1.165) is 34.1 Å². The second-order valence-corrected chi connectivity index (χ2v) is 13.4. The second kappa shape index (κ2) is 16.8. The van der Waals surface area contributed by atoms with Gasteiger partial charge in [-0.1, -0.05) is 134 Å². The van der Waals surface area contributed by atoms with Crippen LogP contribution in [-0.2, 0) is 0 Å². The Labute approximate surface area is 316 Å². The van der Waals surface area contributed by atoms with Crippen LogP contribution in [0.25, 0.3) is 24.3 Å². The maximum atomic E-state index is 2.31. The third kappa shape index (κ3) is 8.75. The minimum atomic E-state index is 0. The molecule has 0 saturated heterocycles. The molecule has 0 aliphatic heterocycles. The van der Waals surface area contributed by atoms with Gasteiger partial charge in [-0.25, -0.2) is 0 Å². The van der Waals surface area contributed by atoms with Crippen molar-refractivity contribution in [1.82, 2.24) is 0 Å². The van der Waals surface area contributed by atoms with Crippen molar-refractivity contribution in [2.75, 3.05) is 9.80 Å². The Hall–Kier alpha value is -6.38. The Balaban J connectivity index is 0.00000481. The lowest BCUT2D eigenvalue weighted by Gasteiger charge is -2.26. The first-order chi connectivity index (χ1) is 25.4. The molecule has 0 fully saturated rings. The molecule has 7 aromatic rings. The largest absolute Gasteiger partial charge is 0.310 e. The van der Waals surface area contributed by atoms with Gasteiger partial charge < -0.3 is 9.80 Å². The Morgan fingerprint density at radius 3 is 1.06 bits per heavy atom. The Bertz CT molecular complexity index is 2150. The van der Waals surface area contributed by atoms with E-state index in [-0.39, 0.29) is 7.43 Å². The van der Waals surface area contributed by atoms with Crippen molar-refractivity contribution in [2.24, 2.45) is 0 Å². The Morgan fingerprint density at radius 2 is 0.679 bits per heavy atom. The minimum absolute atomic E-state index is 0. The number of aryl methyl sites for hydroxylation is 4. The summed E-state index contributed by atoms with van der Waals surface area (Å²) in [6, 6.07) is 60.7. The number of anilines is 6. The molecular weight excluding hydrogens is 641 g/mol. The van der Waals surface area contributed by atoms with Gasteiger partial charge in [0.2, 0.25) is 0 Å². The van der Waals surface area contributed by atoms with Crippen molar-refractivity contribution >= 4 is 58.4 Å². The highest BCUT2D eigenvalue weighted by Crippen LogP contribution is 2.37. The van der Waals surface area contributed by atoms with Crippen molar-refractivity contribution < 1.29 is 0 Å². The first kappa shape index (κ1) is 36.4. The number of nitrogens with zero attached hydrogens (tertiary/aromatic N) is 2. The van der Waals surface area contributed by atoms with Gasteiger partial charge in [0, 0.05) is 34.1 Å². The molecule has 0 N–H and O–H groups in total. The summed E-state index contributed by atoms with van der Waals surface area (Å²) in [5.41, 5.74) is 16.5. The van der Waals surface area contributed by atoms with Gasteiger partial charge in [-0.05, 0) is 140 Å². The van der Waals surface area contributed by atoms with Crippen LogP contribution in [0.2, 0.25) is 0 Å². The highest BCUT2D eigenvalue weighted by atomic mass is 15.1. The number of benzene rings is 7. The summed E-state index contributed by atoms with van der Waals surface area (Å²) in [6.07, 6.45) is 8.85. The summed E-state index contributed by atoms with van der Waals surface area (Å²) in [7, 11) is 0. The zero-order valence-corrected chi connectivity index (χ0v) is 30.4. The first-order valence-electron chi connectivity index (χ1n) is 17.9. The zero-order valence-electron chi connectivity index (χ0n) is 30.4. The zero-order chi connectivity index (χ0) is 35.9. The van der Waals surface area contributed by atoms with Crippen LogP contribution in [0.3, 0.4) is 0 Å². The molecule has 53 heavy (non-hydrogen) atoms. The number of para-hydroxylation sites is 2. The summed E-state index contributed by atoms with van der Waals surface area (Å²) in [5.74, 6) is 0. The molecule has 0 radical (unpaired) electrons. The molecule has 7 aromatic carbocycles. The Kier molecular flexibility index (Phi) is 11.5. The van der Waals surface area contributed by atoms with Crippen LogP contribution in [0.5, 0.6) is 0 Å². The quantitative estimate of drug-likeness (QED) is 0.132. The van der Waals surface area contributed by atoms with E-state index >= 15 is 0 Å². The number of hydrogen-bond acceptors (Lipinski definition) is 2. The van der Waals surface area contributed by atoms with Gasteiger partial charge in [-0.3, -0.25) is 0 Å². The SMILES string of the molecule is C.Cc1ccc(N(c2ccccc2)c2ccc(C=Cc3cccc(C=Cc4ccc(N(c5ccccc5)c5ccc(C)cc5)cc4C)c3)c(C)c2)cc1. The average molecular weight is 689 g/mol. The first-order valence-corrected chi connectivity index (χ1v) is 17.9. The van der Waals surface area contributed by atoms with Gasteiger partial charge in [0.1, 0.15) is 0 Å². The van der Waals surface area contributed by atoms with E-state index in [0.29, 0.717) is 0 Å². The van der Waals surface area contributed by atoms with Gasteiger partial charge in [-0.2, -0.15) is 0 Å². The monoisotopic (exact) mass is 688 g/mol. The van der Waals surface area contributed by atoms with Crippen LogP contribution in [-0.4, -0.2) is 0 Å². The normalized spacial score (nSPS) is 11.1. The molecule has 0 bridgehead atoms. The van der Waals surface area contributed by atoms with Crippen LogP contribution in [0, 0.1) is 27.7 Å². The lowest BCUT2D eigenvalue weighted by Crippen LogP contribution is -2.10. The molecule has 0 heterocycles. The highest BCUT2D eigenvalue weighted by molar-refractivity contribution is 5.81. The van der Waals surface area contributed by atoms with E-state index in [4.69, 9.17) is 0 Å². The molecule has 262 valence electrons. The maximum Gasteiger partial charge on any atom is 0.0464 e. The van der Waals surface area contributed by atoms with Crippen LogP contribution in [0.4, 0.5) is 34.1 Å². The highest BCUT2D eigenvalue weighted by Gasteiger charge is 2.14. The standard InChI is InChI=1S/C50H44N2.CH4/c1-37-18-28-47(29-19-37)51(45-14-7-5-8-15-45)49-32-26-43(39(3)34-49)24-22-41-12-11-13-42(36-41)23-25-44-27-33-50(35-40(44)4)52(46-16-9-6-10-17-46)48-30-20-38(2)21-31-48;/h5-36H,1-4H3;1H4. The van der Waals surface area contributed by atoms with Crippen molar-refractivity contribution in [2.45, 2.75) is 35.1 Å². The van der Waals surface area contributed by atoms with Gasteiger partial charge in [-0.15, -0.1) is 0 Å². The predicted molar refractivity (Wildman–Crippen MR) is 232 cm³/mol. The van der Waals surface area contributed by atoms with Gasteiger partial charge in [0.25, 0.3) is 0 Å². The topological polar surface area (TPSA) is 6.48 Å². The van der Waals surface area contributed by atoms with Crippen LogP contribution >= 0.6 is 0 Å². The van der Waals surface area contributed by atoms with Gasteiger partial charge in [0.05, 0.1) is 0 Å². The molecule has 0 aromatic heterocycles. The Morgan fingerprint density at radius 1 is 0.321 bits per heavy atom. The van der Waals surface area contributed by atoms with E-state index in [2.05, 4.69) is 232 Å². The molecular formula is C51H48N2. The molecule has 0 aliphatic carbocycles. The van der Waals surface area contributed by atoms with Crippen molar-refractivity contribution in [3.63, 3.8) is 0 Å². The maximum absolute atomic E-state index is 2.31. The third-order valence-electron chi connectivity index (χ3n) is 9.46. The average Bonchev–Trinajstić information content (AvgIpc) is 3.17. The molecule has 0 atom stereocenters. The molecule has 0 aliphatic rings. The molecule has 2 nitrogen and oxygen atoms in total. The summed E-state index contributed by atoms with van der Waals surface area (Å²) in [4.78, 5) is 4.63. The molecule has 0 spiro atoms. The predicted octanol–water partition coefficient (Wildman–Crippen LogP) is 14.8. The fourth-order valence-corrected chi connectivity index (χ4v) is 6.55. The van der Waals surface area contributed by atoms with Crippen LogP contribution < -0.4 is 9.80 Å². The van der Waals surface area contributed by atoms with Crippen molar-refractivity contribution in [3.8, 4) is 0 Å². The van der Waals surface area contributed by atoms with E-state index in [9.17, 15) is 0 Å². The lowest BCUT2D eigenvalue weighted by molar-refractivity contribution is 1.26. The minimum Gasteiger partial charge on any atom is -0.310 e. The third-order valence-corrected chi connectivity index (χ3v) is 9.46. The van der Waals surface area contributed by atoms with E-state index in [1.807, 2.05) is 0 Å². The summed E-state index contributed by atoms with van der Waals surface area (Å²) in [5, 5.41) is 0. The lowest BCUT2D eigenvalue weighted by atomic mass is 10.0. The van der Waals surface area contributed by atoms with E-state index in [1.54, 1.807) is 0 Å². The van der Waals surface area contributed by atoms with E-state index < -0.39 is 0 Å². The molecule has 0 amide bonds. The second-order valence-electron chi connectivity index (χ2n) is 13.4. The molecule has 7 rings (SSSR count). The fraction of sp³-hybridized carbons (Fsp3) is 0.0980. The smallest absolute Gasteiger partial charge is 0.0464 e. The van der Waals surface area contributed by atoms with Crippen LogP contribution in [0.15, 0.2) is 170 Å². The summed E-state index contributed by atoms with van der Waals surface area (Å²) < 4.78 is 0. The number of hydrogen-bond donors (Lipinski definition) is 0.